The highest BCUT2D eigenvalue weighted by atomic mass is 16.5. The van der Waals surface area contributed by atoms with Gasteiger partial charge in [-0.1, -0.05) is 12.1 Å². The Labute approximate surface area is 99.8 Å². The number of benzene rings is 1. The highest BCUT2D eigenvalue weighted by Gasteiger charge is 2.56. The molecule has 3 atom stereocenters. The van der Waals surface area contributed by atoms with Crippen molar-refractivity contribution in [2.45, 2.75) is 12.5 Å². The molecular weight excluding hydrogens is 218 g/mol. The lowest BCUT2D eigenvalue weighted by Crippen LogP contribution is -2.39. The average molecular weight is 233 g/mol. The van der Waals surface area contributed by atoms with E-state index in [0.717, 1.165) is 24.4 Å². The second-order valence-corrected chi connectivity index (χ2v) is 4.77. The Balaban J connectivity index is 1.95. The number of piperidine rings is 1. The van der Waals surface area contributed by atoms with Crippen molar-refractivity contribution in [2.24, 2.45) is 11.8 Å². The van der Waals surface area contributed by atoms with Crippen LogP contribution in [0.25, 0.3) is 0 Å². The molecule has 1 heterocycles. The molecule has 1 saturated carbocycles. The number of hydrogen-bond donors (Lipinski definition) is 1. The molecule has 1 aromatic rings. The van der Waals surface area contributed by atoms with Crippen molar-refractivity contribution in [1.82, 2.24) is 0 Å². The topological polar surface area (TPSA) is 49.8 Å². The summed E-state index contributed by atoms with van der Waals surface area (Å²) in [6.45, 7) is 0.835. The van der Waals surface area contributed by atoms with Crippen LogP contribution in [0.3, 0.4) is 0 Å². The molecule has 0 spiro atoms. The Morgan fingerprint density at radius 3 is 2.94 bits per heavy atom. The molecule has 1 saturated heterocycles. The lowest BCUT2D eigenvalue weighted by atomic mass is 10.1. The van der Waals surface area contributed by atoms with Gasteiger partial charge in [-0.15, -0.1) is 0 Å². The number of anilines is 1. The molecule has 90 valence electrons. The number of para-hydroxylation sites is 2. The monoisotopic (exact) mass is 233 g/mol. The fourth-order valence-electron chi connectivity index (χ4n) is 2.90. The van der Waals surface area contributed by atoms with E-state index in [9.17, 15) is 9.90 Å². The predicted molar refractivity (Wildman–Crippen MR) is 63.4 cm³/mol. The van der Waals surface area contributed by atoms with Crippen molar-refractivity contribution in [3.05, 3.63) is 24.3 Å². The molecule has 2 fully saturated rings. The number of hydrogen-bond acceptors (Lipinski definition) is 3. The molecule has 3 rings (SSSR count). The first-order valence-corrected chi connectivity index (χ1v) is 5.85. The molecular formula is C13H15NO3. The van der Waals surface area contributed by atoms with Crippen LogP contribution in [0.2, 0.25) is 0 Å². The van der Waals surface area contributed by atoms with Crippen molar-refractivity contribution in [3.63, 3.8) is 0 Å². The summed E-state index contributed by atoms with van der Waals surface area (Å²) in [5, 5.41) is 9.32. The van der Waals surface area contributed by atoms with Crippen molar-refractivity contribution in [1.29, 1.82) is 0 Å². The van der Waals surface area contributed by atoms with E-state index >= 15 is 0 Å². The third kappa shape index (κ3) is 1.55. The van der Waals surface area contributed by atoms with Gasteiger partial charge in [0.2, 0.25) is 0 Å². The van der Waals surface area contributed by atoms with Crippen LogP contribution in [-0.2, 0) is 4.79 Å². The van der Waals surface area contributed by atoms with Crippen molar-refractivity contribution in [2.75, 3.05) is 18.6 Å². The molecule has 0 aromatic heterocycles. The van der Waals surface area contributed by atoms with Crippen molar-refractivity contribution < 1.29 is 14.6 Å². The molecule has 1 aliphatic heterocycles. The third-order valence-electron chi connectivity index (χ3n) is 3.80. The summed E-state index contributed by atoms with van der Waals surface area (Å²) in [4.78, 5) is 13.3. The third-order valence-corrected chi connectivity index (χ3v) is 3.80. The summed E-state index contributed by atoms with van der Waals surface area (Å²) in [5.41, 5.74) is 0.898. The number of carbonyl (C=O) groups is 1. The Kier molecular flexibility index (Phi) is 2.24. The van der Waals surface area contributed by atoms with Crippen molar-refractivity contribution in [3.8, 4) is 5.75 Å². The maximum Gasteiger partial charge on any atom is 0.326 e. The molecule has 0 amide bonds. The number of carboxylic acids is 1. The van der Waals surface area contributed by atoms with Gasteiger partial charge in [0.1, 0.15) is 11.8 Å². The van der Waals surface area contributed by atoms with E-state index in [1.807, 2.05) is 29.2 Å². The first-order chi connectivity index (χ1) is 8.22. The molecule has 1 aromatic carbocycles. The van der Waals surface area contributed by atoms with Gasteiger partial charge in [0.15, 0.2) is 0 Å². The number of carboxylic acid groups (broad SMARTS) is 1. The lowest BCUT2D eigenvalue weighted by Gasteiger charge is -2.27. The number of fused-ring (bicyclic) bond motifs is 1. The maximum atomic E-state index is 11.3. The van der Waals surface area contributed by atoms with Crippen LogP contribution < -0.4 is 9.64 Å². The van der Waals surface area contributed by atoms with Gasteiger partial charge in [-0.2, -0.15) is 0 Å². The molecule has 4 heteroatoms. The number of rotatable bonds is 3. The molecule has 4 nitrogen and oxygen atoms in total. The van der Waals surface area contributed by atoms with Gasteiger partial charge >= 0.3 is 5.97 Å². The van der Waals surface area contributed by atoms with E-state index in [-0.39, 0.29) is 6.04 Å². The van der Waals surface area contributed by atoms with Crippen LogP contribution in [0.15, 0.2) is 24.3 Å². The second kappa shape index (κ2) is 3.65. The summed E-state index contributed by atoms with van der Waals surface area (Å²) in [7, 11) is 1.62. The molecule has 3 unspecified atom stereocenters. The predicted octanol–water partition coefficient (Wildman–Crippen LogP) is 1.60. The zero-order valence-electron chi connectivity index (χ0n) is 9.67. The second-order valence-electron chi connectivity index (χ2n) is 4.77. The van der Waals surface area contributed by atoms with Crippen LogP contribution in [-0.4, -0.2) is 30.8 Å². The van der Waals surface area contributed by atoms with Crippen molar-refractivity contribution >= 4 is 11.7 Å². The largest absolute Gasteiger partial charge is 0.495 e. The average Bonchev–Trinajstić information content (AvgIpc) is 2.99. The van der Waals surface area contributed by atoms with Crippen LogP contribution in [0.1, 0.15) is 6.42 Å². The quantitative estimate of drug-likeness (QED) is 0.861. The zero-order valence-corrected chi connectivity index (χ0v) is 9.67. The van der Waals surface area contributed by atoms with Crippen LogP contribution in [0.4, 0.5) is 5.69 Å². The van der Waals surface area contributed by atoms with E-state index in [1.54, 1.807) is 7.11 Å². The first-order valence-electron chi connectivity index (χ1n) is 5.85. The van der Waals surface area contributed by atoms with E-state index < -0.39 is 5.97 Å². The van der Waals surface area contributed by atoms with Gasteiger partial charge in [0.25, 0.3) is 0 Å². The normalized spacial score (nSPS) is 29.9. The number of methoxy groups -OCH3 is 1. The fraction of sp³-hybridized carbons (Fsp3) is 0.462. The van der Waals surface area contributed by atoms with Gasteiger partial charge in [-0.05, 0) is 30.4 Å². The molecule has 0 radical (unpaired) electrons. The summed E-state index contributed by atoms with van der Waals surface area (Å²) in [6.07, 6.45) is 1.06. The minimum Gasteiger partial charge on any atom is -0.495 e. The van der Waals surface area contributed by atoms with Gasteiger partial charge in [0, 0.05) is 6.54 Å². The maximum absolute atomic E-state index is 11.3. The SMILES string of the molecule is COc1ccccc1N1CC2CC2C1C(=O)O. The lowest BCUT2D eigenvalue weighted by molar-refractivity contribution is -0.138. The summed E-state index contributed by atoms with van der Waals surface area (Å²) in [5.74, 6) is 0.916. The van der Waals surface area contributed by atoms with E-state index in [4.69, 9.17) is 4.74 Å². The Hall–Kier alpha value is -1.71. The highest BCUT2D eigenvalue weighted by Crippen LogP contribution is 2.52. The zero-order chi connectivity index (χ0) is 12.0. The number of aliphatic carboxylic acids is 1. The number of ether oxygens (including phenoxy) is 1. The summed E-state index contributed by atoms with van der Waals surface area (Å²) < 4.78 is 5.30. The number of nitrogens with zero attached hydrogens (tertiary/aromatic N) is 1. The van der Waals surface area contributed by atoms with Gasteiger partial charge < -0.3 is 14.7 Å². The Morgan fingerprint density at radius 1 is 1.47 bits per heavy atom. The van der Waals surface area contributed by atoms with Crippen LogP contribution >= 0.6 is 0 Å². The fourth-order valence-corrected chi connectivity index (χ4v) is 2.90. The first kappa shape index (κ1) is 10.4. The molecule has 1 aliphatic carbocycles. The van der Waals surface area contributed by atoms with Crippen LogP contribution in [0.5, 0.6) is 5.75 Å². The van der Waals surface area contributed by atoms with E-state index in [2.05, 4.69) is 0 Å². The van der Waals surface area contributed by atoms with E-state index in [0.29, 0.717) is 11.8 Å². The standard InChI is InChI=1S/C13H15NO3/c1-17-11-5-3-2-4-10(11)14-7-8-6-9(8)12(14)13(15)16/h2-5,8-9,12H,6-7H2,1H3,(H,15,16). The molecule has 2 aliphatic rings. The highest BCUT2D eigenvalue weighted by molar-refractivity contribution is 5.81. The van der Waals surface area contributed by atoms with Gasteiger partial charge in [0.05, 0.1) is 12.8 Å². The minimum absolute atomic E-state index is 0.331. The van der Waals surface area contributed by atoms with Crippen LogP contribution in [0, 0.1) is 11.8 Å². The molecule has 0 bridgehead atoms. The smallest absolute Gasteiger partial charge is 0.326 e. The summed E-state index contributed by atoms with van der Waals surface area (Å²) in [6, 6.07) is 7.24. The van der Waals surface area contributed by atoms with Gasteiger partial charge in [-0.3, -0.25) is 0 Å². The van der Waals surface area contributed by atoms with E-state index in [1.165, 1.54) is 0 Å². The molecule has 17 heavy (non-hydrogen) atoms. The van der Waals surface area contributed by atoms with Gasteiger partial charge in [-0.25, -0.2) is 4.79 Å². The molecule has 1 N–H and O–H groups in total. The Morgan fingerprint density at radius 2 is 2.24 bits per heavy atom. The minimum atomic E-state index is -0.721. The Bertz CT molecular complexity index is 460. The summed E-state index contributed by atoms with van der Waals surface area (Å²) >= 11 is 0.